The highest BCUT2D eigenvalue weighted by Crippen LogP contribution is 2.37. The third-order valence-corrected chi connectivity index (χ3v) is 4.51. The van der Waals surface area contributed by atoms with Gasteiger partial charge in [-0.25, -0.2) is 4.79 Å². The van der Waals surface area contributed by atoms with Crippen LogP contribution < -0.4 is 9.47 Å². The first-order chi connectivity index (χ1) is 13.9. The molecule has 0 amide bonds. The van der Waals surface area contributed by atoms with Crippen LogP contribution in [0, 0.1) is 0 Å². The molecule has 2 aromatic carbocycles. The normalized spacial score (nSPS) is 26.7. The van der Waals surface area contributed by atoms with E-state index in [1.165, 1.54) is 0 Å². The average Bonchev–Trinajstić information content (AvgIpc) is 2.73. The van der Waals surface area contributed by atoms with Gasteiger partial charge >= 0.3 is 5.97 Å². The summed E-state index contributed by atoms with van der Waals surface area (Å²) < 4.78 is 16.5. The van der Waals surface area contributed by atoms with Crippen LogP contribution in [0.25, 0.3) is 11.1 Å². The molecule has 9 heteroatoms. The predicted octanol–water partition coefficient (Wildman–Crippen LogP) is -0.00430. The molecule has 1 aliphatic heterocycles. The number of aliphatic hydroxyl groups excluding tert-OH is 4. The summed E-state index contributed by atoms with van der Waals surface area (Å²) >= 11 is 0. The predicted molar refractivity (Wildman–Crippen MR) is 99.4 cm³/mol. The number of hydrogen-bond acceptors (Lipinski definition) is 8. The second kappa shape index (κ2) is 9.21. The summed E-state index contributed by atoms with van der Waals surface area (Å²) in [6, 6.07) is 13.5. The Balaban J connectivity index is 1.90. The molecule has 1 saturated heterocycles. The number of carbonyl (C=O) groups is 1. The molecule has 0 aliphatic carbocycles. The summed E-state index contributed by atoms with van der Waals surface area (Å²) in [7, 11) is 0. The van der Waals surface area contributed by atoms with Crippen molar-refractivity contribution in [1.82, 2.24) is 0 Å². The Morgan fingerprint density at radius 3 is 2.10 bits per heavy atom. The Hall–Kier alpha value is -2.69. The first-order valence-electron chi connectivity index (χ1n) is 8.92. The second-order valence-corrected chi connectivity index (χ2v) is 6.49. The van der Waals surface area contributed by atoms with Crippen LogP contribution in [0.1, 0.15) is 0 Å². The molecule has 0 aromatic heterocycles. The first kappa shape index (κ1) is 21.0. The summed E-state index contributed by atoms with van der Waals surface area (Å²) in [6.45, 7) is -1.09. The summed E-state index contributed by atoms with van der Waals surface area (Å²) in [5.41, 5.74) is 1.08. The lowest BCUT2D eigenvalue weighted by atomic mass is 9.99. The highest BCUT2D eigenvalue weighted by atomic mass is 16.7. The van der Waals surface area contributed by atoms with Gasteiger partial charge in [0, 0.05) is 11.1 Å². The Labute approximate surface area is 166 Å². The monoisotopic (exact) mass is 406 g/mol. The molecule has 1 heterocycles. The van der Waals surface area contributed by atoms with Crippen molar-refractivity contribution in [2.45, 2.75) is 30.7 Å². The molecule has 3 rings (SSSR count). The van der Waals surface area contributed by atoms with Crippen molar-refractivity contribution >= 4 is 5.97 Å². The molecule has 0 radical (unpaired) electrons. The third-order valence-electron chi connectivity index (χ3n) is 4.51. The molecule has 0 spiro atoms. The molecule has 29 heavy (non-hydrogen) atoms. The average molecular weight is 406 g/mol. The van der Waals surface area contributed by atoms with Gasteiger partial charge in [0.05, 0.1) is 6.61 Å². The van der Waals surface area contributed by atoms with Crippen molar-refractivity contribution in [3.05, 3.63) is 48.5 Å². The number of carboxylic acid groups (broad SMARTS) is 1. The standard InChI is InChI=1S/C20H22O9/c21-9-15-17(24)18(25)19(26)20(29-15)28-14-8-4-2-6-12(14)11-5-1-3-7-13(11)27-10-16(22)23/h1-8,15,17-21,24-26H,9-10H2,(H,22,23)/t15-,17-,18-,19+,20+/m1/s1. The van der Waals surface area contributed by atoms with E-state index in [2.05, 4.69) is 0 Å². The van der Waals surface area contributed by atoms with Gasteiger partial charge in [-0.05, 0) is 12.1 Å². The zero-order valence-corrected chi connectivity index (χ0v) is 15.3. The highest BCUT2D eigenvalue weighted by molar-refractivity contribution is 5.76. The molecule has 0 bridgehead atoms. The molecule has 1 aliphatic rings. The van der Waals surface area contributed by atoms with E-state index in [1.54, 1.807) is 48.5 Å². The van der Waals surface area contributed by atoms with E-state index >= 15 is 0 Å². The van der Waals surface area contributed by atoms with Crippen molar-refractivity contribution in [2.75, 3.05) is 13.2 Å². The Bertz CT molecular complexity index is 838. The van der Waals surface area contributed by atoms with Crippen LogP contribution >= 0.6 is 0 Å². The smallest absolute Gasteiger partial charge is 0.341 e. The highest BCUT2D eigenvalue weighted by Gasteiger charge is 2.44. The van der Waals surface area contributed by atoms with Crippen LogP contribution in [0.4, 0.5) is 0 Å². The van der Waals surface area contributed by atoms with Gasteiger partial charge in [0.15, 0.2) is 6.61 Å². The van der Waals surface area contributed by atoms with Gasteiger partial charge < -0.3 is 39.7 Å². The zero-order valence-electron chi connectivity index (χ0n) is 15.3. The van der Waals surface area contributed by atoms with E-state index in [1.807, 2.05) is 0 Å². The molecule has 0 unspecified atom stereocenters. The number of aliphatic hydroxyl groups is 4. The number of hydrogen-bond donors (Lipinski definition) is 5. The Kier molecular flexibility index (Phi) is 6.68. The maximum absolute atomic E-state index is 10.8. The van der Waals surface area contributed by atoms with Crippen LogP contribution in [0.3, 0.4) is 0 Å². The minimum atomic E-state index is -1.57. The van der Waals surface area contributed by atoms with Crippen LogP contribution in [-0.4, -0.2) is 75.4 Å². The van der Waals surface area contributed by atoms with Gasteiger partial charge in [-0.2, -0.15) is 0 Å². The van der Waals surface area contributed by atoms with Crippen molar-refractivity contribution in [2.24, 2.45) is 0 Å². The van der Waals surface area contributed by atoms with Crippen LogP contribution in [0.2, 0.25) is 0 Å². The molecule has 156 valence electrons. The van der Waals surface area contributed by atoms with Gasteiger partial charge in [0.25, 0.3) is 0 Å². The molecular formula is C20H22O9. The lowest BCUT2D eigenvalue weighted by Crippen LogP contribution is -2.60. The number of aliphatic carboxylic acids is 1. The maximum Gasteiger partial charge on any atom is 0.341 e. The second-order valence-electron chi connectivity index (χ2n) is 6.49. The number of rotatable bonds is 7. The fourth-order valence-electron chi connectivity index (χ4n) is 3.04. The number of carboxylic acids is 1. The van der Waals surface area contributed by atoms with Crippen molar-refractivity contribution in [3.8, 4) is 22.6 Å². The van der Waals surface area contributed by atoms with E-state index < -0.39 is 49.9 Å². The quantitative estimate of drug-likeness (QED) is 0.429. The fraction of sp³-hybridized carbons (Fsp3) is 0.350. The van der Waals surface area contributed by atoms with E-state index in [-0.39, 0.29) is 5.75 Å². The van der Waals surface area contributed by atoms with Crippen LogP contribution in [0.15, 0.2) is 48.5 Å². The number of para-hydroxylation sites is 2. The van der Waals surface area contributed by atoms with Gasteiger partial charge in [0.2, 0.25) is 6.29 Å². The number of ether oxygens (including phenoxy) is 3. The molecule has 9 nitrogen and oxygen atoms in total. The first-order valence-corrected chi connectivity index (χ1v) is 8.92. The summed E-state index contributed by atoms with van der Waals surface area (Å²) in [6.07, 6.45) is -7.06. The van der Waals surface area contributed by atoms with Gasteiger partial charge in [-0.3, -0.25) is 0 Å². The molecular weight excluding hydrogens is 384 g/mol. The zero-order chi connectivity index (χ0) is 21.0. The lowest BCUT2D eigenvalue weighted by Gasteiger charge is -2.39. The van der Waals surface area contributed by atoms with Gasteiger partial charge in [0.1, 0.15) is 35.9 Å². The van der Waals surface area contributed by atoms with Crippen LogP contribution in [-0.2, 0) is 9.53 Å². The van der Waals surface area contributed by atoms with E-state index in [0.29, 0.717) is 16.9 Å². The van der Waals surface area contributed by atoms with E-state index in [0.717, 1.165) is 0 Å². The van der Waals surface area contributed by atoms with Crippen LogP contribution in [0.5, 0.6) is 11.5 Å². The van der Waals surface area contributed by atoms with Gasteiger partial charge in [-0.15, -0.1) is 0 Å². The maximum atomic E-state index is 10.8. The topological polar surface area (TPSA) is 146 Å². The summed E-state index contributed by atoms with van der Waals surface area (Å²) in [4.78, 5) is 10.8. The number of benzene rings is 2. The molecule has 5 N–H and O–H groups in total. The summed E-state index contributed by atoms with van der Waals surface area (Å²) in [5.74, 6) is -0.534. The van der Waals surface area contributed by atoms with E-state index in [4.69, 9.17) is 19.3 Å². The summed E-state index contributed by atoms with van der Waals surface area (Å²) in [5, 5.41) is 48.3. The van der Waals surface area contributed by atoms with Crippen molar-refractivity contribution in [1.29, 1.82) is 0 Å². The molecule has 5 atom stereocenters. The van der Waals surface area contributed by atoms with Crippen molar-refractivity contribution < 1.29 is 44.5 Å². The largest absolute Gasteiger partial charge is 0.481 e. The lowest BCUT2D eigenvalue weighted by molar-refractivity contribution is -0.277. The molecule has 0 saturated carbocycles. The minimum absolute atomic E-state index is 0.267. The van der Waals surface area contributed by atoms with Gasteiger partial charge in [-0.1, -0.05) is 36.4 Å². The minimum Gasteiger partial charge on any atom is -0.481 e. The Morgan fingerprint density at radius 2 is 1.48 bits per heavy atom. The SMILES string of the molecule is O=C(O)COc1ccccc1-c1ccccc1O[C@H]1O[C@H](CO)[C@@H](O)[C@@H](O)[C@@H]1O. The van der Waals surface area contributed by atoms with Crippen molar-refractivity contribution in [3.63, 3.8) is 0 Å². The third kappa shape index (κ3) is 4.66. The van der Waals surface area contributed by atoms with E-state index in [9.17, 15) is 25.2 Å². The Morgan fingerprint density at radius 1 is 0.897 bits per heavy atom. The fourth-order valence-corrected chi connectivity index (χ4v) is 3.04. The molecule has 1 fully saturated rings. The molecule has 2 aromatic rings.